The number of ether oxygens (including phenoxy) is 1. The van der Waals surface area contributed by atoms with E-state index in [4.69, 9.17) is 4.74 Å². The third-order valence-corrected chi connectivity index (χ3v) is 6.20. The molecule has 3 aromatic heterocycles. The number of methoxy groups -OCH3 is 1. The van der Waals surface area contributed by atoms with E-state index in [-0.39, 0.29) is 0 Å². The molecule has 6 heteroatoms. The molecule has 0 radical (unpaired) electrons. The van der Waals surface area contributed by atoms with Crippen molar-refractivity contribution < 1.29 is 4.74 Å². The maximum absolute atomic E-state index is 9.83. The number of thiophene rings is 1. The number of fused-ring (bicyclic) bond motifs is 1. The Labute approximate surface area is 179 Å². The molecule has 0 aliphatic carbocycles. The van der Waals surface area contributed by atoms with Gasteiger partial charge in [-0.15, -0.1) is 11.3 Å². The maximum atomic E-state index is 9.83. The smallest absolute Gasteiger partial charge is 0.119 e. The summed E-state index contributed by atoms with van der Waals surface area (Å²) in [6, 6.07) is 16.3. The predicted molar refractivity (Wildman–Crippen MR) is 121 cm³/mol. The highest BCUT2D eigenvalue weighted by atomic mass is 32.1. The van der Waals surface area contributed by atoms with Gasteiger partial charge in [0.05, 0.1) is 23.9 Å². The molecule has 1 N–H and O–H groups in total. The van der Waals surface area contributed by atoms with Gasteiger partial charge in [0.25, 0.3) is 0 Å². The van der Waals surface area contributed by atoms with Gasteiger partial charge in [0, 0.05) is 27.2 Å². The van der Waals surface area contributed by atoms with E-state index < -0.39 is 0 Å². The second kappa shape index (κ2) is 7.59. The molecule has 0 unspecified atom stereocenters. The molecule has 0 saturated heterocycles. The first-order valence-electron chi connectivity index (χ1n) is 9.44. The Morgan fingerprint density at radius 3 is 2.63 bits per heavy atom. The summed E-state index contributed by atoms with van der Waals surface area (Å²) < 4.78 is 7.38. The van der Waals surface area contributed by atoms with Gasteiger partial charge in [-0.05, 0) is 68.8 Å². The number of allylic oxidation sites excluding steroid dienone is 1. The number of aryl methyl sites for hydroxylation is 2. The Hall–Kier alpha value is -3.74. The number of hydrogen-bond donors (Lipinski definition) is 1. The number of benzene rings is 1. The summed E-state index contributed by atoms with van der Waals surface area (Å²) in [6.45, 7) is 6.03. The lowest BCUT2D eigenvalue weighted by Crippen LogP contribution is -1.98. The number of rotatable bonds is 4. The van der Waals surface area contributed by atoms with Crippen LogP contribution >= 0.6 is 11.3 Å². The summed E-state index contributed by atoms with van der Waals surface area (Å²) in [5, 5.41) is 21.2. The summed E-state index contributed by atoms with van der Waals surface area (Å²) in [4.78, 5) is 4.41. The minimum Gasteiger partial charge on any atom is -0.497 e. The lowest BCUT2D eigenvalue weighted by molar-refractivity contribution is 0.415. The van der Waals surface area contributed by atoms with E-state index in [2.05, 4.69) is 27.8 Å². The molecule has 0 bridgehead atoms. The van der Waals surface area contributed by atoms with Crippen molar-refractivity contribution in [2.45, 2.75) is 20.8 Å². The highest BCUT2D eigenvalue weighted by Gasteiger charge is 2.16. The zero-order valence-electron chi connectivity index (χ0n) is 17.2. The van der Waals surface area contributed by atoms with E-state index in [9.17, 15) is 10.5 Å². The van der Waals surface area contributed by atoms with Crippen LogP contribution in [0.5, 0.6) is 5.75 Å². The molecule has 0 spiro atoms. The van der Waals surface area contributed by atoms with E-state index in [1.807, 2.05) is 57.2 Å². The molecular weight excluding hydrogens is 392 g/mol. The summed E-state index contributed by atoms with van der Waals surface area (Å²) >= 11 is 1.60. The molecular formula is C24H20N4OS. The molecule has 4 aromatic rings. The Morgan fingerprint density at radius 2 is 1.93 bits per heavy atom. The van der Waals surface area contributed by atoms with Gasteiger partial charge in [0.1, 0.15) is 22.9 Å². The number of nitrogens with one attached hydrogen (secondary N) is 1. The Balaban J connectivity index is 1.81. The van der Waals surface area contributed by atoms with Crippen LogP contribution in [0.2, 0.25) is 0 Å². The summed E-state index contributed by atoms with van der Waals surface area (Å²) in [5.41, 5.74) is 5.90. The molecule has 3 heterocycles. The van der Waals surface area contributed by atoms with Gasteiger partial charge in [-0.3, -0.25) is 0 Å². The second-order valence-electron chi connectivity index (χ2n) is 7.16. The number of nitriles is 2. The van der Waals surface area contributed by atoms with Crippen molar-refractivity contribution in [3.05, 3.63) is 69.5 Å². The van der Waals surface area contributed by atoms with Gasteiger partial charge in [-0.2, -0.15) is 10.5 Å². The molecule has 4 rings (SSSR count). The average Bonchev–Trinajstić information content (AvgIpc) is 3.40. The summed E-state index contributed by atoms with van der Waals surface area (Å²) in [6.07, 6.45) is 1.90. The normalized spacial score (nSPS) is 11.5. The first-order valence-corrected chi connectivity index (χ1v) is 10.3. The SMILES string of the molecule is COc1ccc2[nH]c(/C(C#N)=C/c3cc(C)n(-c4sc(C)cc4C#N)c3C)cc2c1. The third kappa shape index (κ3) is 3.28. The van der Waals surface area contributed by atoms with Crippen molar-refractivity contribution in [2.75, 3.05) is 7.11 Å². The predicted octanol–water partition coefficient (Wildman–Crippen LogP) is 5.89. The first kappa shape index (κ1) is 19.6. The minimum atomic E-state index is 0.549. The number of hydrogen-bond acceptors (Lipinski definition) is 4. The highest BCUT2D eigenvalue weighted by Crippen LogP contribution is 2.32. The summed E-state index contributed by atoms with van der Waals surface area (Å²) in [5.74, 6) is 0.777. The van der Waals surface area contributed by atoms with Crippen molar-refractivity contribution in [1.29, 1.82) is 10.5 Å². The van der Waals surface area contributed by atoms with Gasteiger partial charge in [-0.1, -0.05) is 0 Å². The molecule has 0 amide bonds. The van der Waals surface area contributed by atoms with Gasteiger partial charge >= 0.3 is 0 Å². The summed E-state index contributed by atoms with van der Waals surface area (Å²) in [7, 11) is 1.64. The monoisotopic (exact) mass is 412 g/mol. The van der Waals surface area contributed by atoms with Crippen LogP contribution in [0.25, 0.3) is 27.6 Å². The lowest BCUT2D eigenvalue weighted by atomic mass is 10.1. The van der Waals surface area contributed by atoms with Gasteiger partial charge in [0.2, 0.25) is 0 Å². The minimum absolute atomic E-state index is 0.549. The standard InChI is InChI=1S/C24H20N4OS/c1-14-7-17(16(3)28(14)24-20(13-26)8-15(2)30-24)9-19(12-25)23-11-18-10-21(29-4)5-6-22(18)27-23/h5-11,27H,1-4H3/b19-9+. The van der Waals surface area contributed by atoms with Gasteiger partial charge < -0.3 is 14.3 Å². The van der Waals surface area contributed by atoms with E-state index in [1.54, 1.807) is 18.4 Å². The third-order valence-electron chi connectivity index (χ3n) is 5.17. The van der Waals surface area contributed by atoms with Crippen LogP contribution in [-0.4, -0.2) is 16.7 Å². The fraction of sp³-hybridized carbons (Fsp3) is 0.167. The van der Waals surface area contributed by atoms with E-state index in [0.717, 1.165) is 49.2 Å². The number of H-pyrrole nitrogens is 1. The molecule has 0 atom stereocenters. The number of aromatic amines is 1. The van der Waals surface area contributed by atoms with E-state index in [1.165, 1.54) is 0 Å². The van der Waals surface area contributed by atoms with Crippen molar-refractivity contribution in [2.24, 2.45) is 0 Å². The largest absolute Gasteiger partial charge is 0.497 e. The number of nitrogens with zero attached hydrogens (tertiary/aromatic N) is 3. The topological polar surface area (TPSA) is 77.5 Å². The van der Waals surface area contributed by atoms with Crippen molar-refractivity contribution in [3.63, 3.8) is 0 Å². The second-order valence-corrected chi connectivity index (χ2v) is 8.39. The van der Waals surface area contributed by atoms with Crippen LogP contribution in [-0.2, 0) is 0 Å². The Morgan fingerprint density at radius 1 is 1.13 bits per heavy atom. The van der Waals surface area contributed by atoms with Crippen molar-refractivity contribution in [3.8, 4) is 22.9 Å². The molecule has 1 aromatic carbocycles. The fourth-order valence-corrected chi connectivity index (χ4v) is 4.77. The van der Waals surface area contributed by atoms with Gasteiger partial charge in [0.15, 0.2) is 0 Å². The number of aromatic nitrogens is 2. The van der Waals surface area contributed by atoms with Crippen molar-refractivity contribution in [1.82, 2.24) is 9.55 Å². The van der Waals surface area contributed by atoms with E-state index >= 15 is 0 Å². The first-order chi connectivity index (χ1) is 14.4. The van der Waals surface area contributed by atoms with Crippen LogP contribution in [0.4, 0.5) is 0 Å². The van der Waals surface area contributed by atoms with Crippen LogP contribution in [0.1, 0.15) is 33.1 Å². The average molecular weight is 413 g/mol. The lowest BCUT2D eigenvalue weighted by Gasteiger charge is -2.07. The van der Waals surface area contributed by atoms with E-state index in [0.29, 0.717) is 11.1 Å². The molecule has 0 aliphatic heterocycles. The van der Waals surface area contributed by atoms with Gasteiger partial charge in [-0.25, -0.2) is 0 Å². The fourth-order valence-electron chi connectivity index (χ4n) is 3.70. The molecule has 0 saturated carbocycles. The van der Waals surface area contributed by atoms with Crippen LogP contribution < -0.4 is 4.74 Å². The van der Waals surface area contributed by atoms with Crippen LogP contribution in [0.15, 0.2) is 36.4 Å². The zero-order chi connectivity index (χ0) is 21.4. The molecule has 0 aliphatic rings. The molecule has 30 heavy (non-hydrogen) atoms. The highest BCUT2D eigenvalue weighted by molar-refractivity contribution is 7.14. The van der Waals surface area contributed by atoms with Crippen molar-refractivity contribution >= 4 is 33.9 Å². The Bertz CT molecular complexity index is 1390. The maximum Gasteiger partial charge on any atom is 0.119 e. The van der Waals surface area contributed by atoms with Crippen LogP contribution in [0.3, 0.4) is 0 Å². The zero-order valence-corrected chi connectivity index (χ0v) is 18.0. The molecule has 5 nitrogen and oxygen atoms in total. The molecule has 0 fully saturated rings. The molecule has 148 valence electrons. The quantitative estimate of drug-likeness (QED) is 0.425. The Kier molecular flexibility index (Phi) is 4.95. The van der Waals surface area contributed by atoms with Crippen LogP contribution in [0, 0.1) is 43.4 Å².